The van der Waals surface area contributed by atoms with Crippen molar-refractivity contribution in [2.45, 2.75) is 18.9 Å². The molecule has 27 heavy (non-hydrogen) atoms. The van der Waals surface area contributed by atoms with Gasteiger partial charge >= 0.3 is 0 Å². The summed E-state index contributed by atoms with van der Waals surface area (Å²) in [7, 11) is -3.35. The molecular weight excluding hydrogens is 409 g/mol. The van der Waals surface area contributed by atoms with E-state index in [1.165, 1.54) is 9.31 Å². The van der Waals surface area contributed by atoms with Crippen LogP contribution in [0.4, 0.5) is 13.2 Å². The van der Waals surface area contributed by atoms with E-state index in [0.717, 1.165) is 12.3 Å². The van der Waals surface area contributed by atoms with Gasteiger partial charge < -0.3 is 5.73 Å². The molecule has 1 amide bonds. The van der Waals surface area contributed by atoms with Crippen LogP contribution >= 0.6 is 12.4 Å². The molecule has 12 heteroatoms. The lowest BCUT2D eigenvalue weighted by atomic mass is 10.0. The summed E-state index contributed by atoms with van der Waals surface area (Å²) in [5.41, 5.74) is 8.55. The average molecular weight is 431 g/mol. The first kappa shape index (κ1) is 23.6. The van der Waals surface area contributed by atoms with Gasteiger partial charge in [-0.3, -0.25) is 9.80 Å². The molecule has 1 aromatic rings. The predicted molar refractivity (Wildman–Crippen MR) is 96.0 cm³/mol. The molecule has 1 heterocycles. The van der Waals surface area contributed by atoms with Gasteiger partial charge in [-0.15, -0.1) is 12.4 Å². The second-order valence-corrected chi connectivity index (χ2v) is 8.12. The maximum absolute atomic E-state index is 13.7. The summed E-state index contributed by atoms with van der Waals surface area (Å²) in [5, 5.41) is 1.27. The number of carbonyl (C=O) groups excluding carboxylic acids is 1. The van der Waals surface area contributed by atoms with Crippen LogP contribution in [0.1, 0.15) is 12.0 Å². The molecule has 1 aliphatic rings. The topological polar surface area (TPSA) is 95.7 Å². The molecular formula is C15H22ClF3N4O3S. The fourth-order valence-electron chi connectivity index (χ4n) is 2.67. The fourth-order valence-corrected chi connectivity index (χ4v) is 3.50. The Balaban J connectivity index is 0.00000364. The molecule has 1 atom stereocenters. The molecule has 0 saturated carbocycles. The molecule has 0 bridgehead atoms. The first-order valence-electron chi connectivity index (χ1n) is 7.96. The van der Waals surface area contributed by atoms with Crippen LogP contribution in [0.5, 0.6) is 0 Å². The van der Waals surface area contributed by atoms with Crippen LogP contribution in [0.15, 0.2) is 12.1 Å². The van der Waals surface area contributed by atoms with Gasteiger partial charge in [0, 0.05) is 38.2 Å². The molecule has 0 unspecified atom stereocenters. The summed E-state index contributed by atoms with van der Waals surface area (Å²) >= 11 is 0. The maximum Gasteiger partial charge on any atom is 0.238 e. The zero-order valence-electron chi connectivity index (χ0n) is 14.6. The molecule has 1 fully saturated rings. The van der Waals surface area contributed by atoms with E-state index >= 15 is 0 Å². The van der Waals surface area contributed by atoms with Crippen LogP contribution in [-0.4, -0.2) is 62.1 Å². The summed E-state index contributed by atoms with van der Waals surface area (Å²) in [6.07, 6.45) is 0.791. The van der Waals surface area contributed by atoms with E-state index in [-0.39, 0.29) is 57.0 Å². The van der Waals surface area contributed by atoms with E-state index in [0.29, 0.717) is 6.07 Å². The van der Waals surface area contributed by atoms with Gasteiger partial charge in [-0.25, -0.2) is 27.0 Å². The minimum atomic E-state index is -3.35. The Kier molecular flexibility index (Phi) is 8.48. The lowest BCUT2D eigenvalue weighted by Gasteiger charge is -2.23. The van der Waals surface area contributed by atoms with E-state index < -0.39 is 39.4 Å². The summed E-state index contributed by atoms with van der Waals surface area (Å²) in [4.78, 5) is 12.3. The van der Waals surface area contributed by atoms with Crippen molar-refractivity contribution >= 4 is 28.3 Å². The third kappa shape index (κ3) is 6.61. The van der Waals surface area contributed by atoms with E-state index in [1.807, 2.05) is 0 Å². The Morgan fingerprint density at radius 1 is 1.19 bits per heavy atom. The van der Waals surface area contributed by atoms with Crippen molar-refractivity contribution in [2.24, 2.45) is 5.73 Å². The maximum atomic E-state index is 13.7. The normalized spacial score (nSPS) is 17.1. The fraction of sp³-hybridized carbons (Fsp3) is 0.533. The Morgan fingerprint density at radius 3 is 2.44 bits per heavy atom. The van der Waals surface area contributed by atoms with Crippen molar-refractivity contribution in [1.29, 1.82) is 0 Å². The molecule has 1 aliphatic heterocycles. The summed E-state index contributed by atoms with van der Waals surface area (Å²) < 4.78 is 64.2. The number of sulfonamides is 1. The molecule has 0 aromatic heterocycles. The van der Waals surface area contributed by atoms with E-state index in [9.17, 15) is 26.4 Å². The van der Waals surface area contributed by atoms with Gasteiger partial charge in [0.1, 0.15) is 5.82 Å². The number of hydrogen-bond donors (Lipinski definition) is 2. The van der Waals surface area contributed by atoms with Crippen LogP contribution in [-0.2, 0) is 21.2 Å². The smallest absolute Gasteiger partial charge is 0.238 e. The van der Waals surface area contributed by atoms with Crippen LogP contribution < -0.4 is 11.2 Å². The molecule has 154 valence electrons. The average Bonchev–Trinajstić information content (AvgIpc) is 2.78. The summed E-state index contributed by atoms with van der Waals surface area (Å²) in [6.45, 7) is 0.767. The first-order valence-corrected chi connectivity index (χ1v) is 9.80. The van der Waals surface area contributed by atoms with Gasteiger partial charge in [0.25, 0.3) is 0 Å². The van der Waals surface area contributed by atoms with Crippen molar-refractivity contribution in [3.05, 3.63) is 35.1 Å². The number of nitrogens with two attached hydrogens (primary N) is 1. The van der Waals surface area contributed by atoms with Gasteiger partial charge in [0.2, 0.25) is 15.9 Å². The number of amides is 1. The number of carbonyl (C=O) groups is 1. The second-order valence-electron chi connectivity index (χ2n) is 6.14. The van der Waals surface area contributed by atoms with Crippen LogP contribution in [0, 0.1) is 17.5 Å². The van der Waals surface area contributed by atoms with Crippen LogP contribution in [0.25, 0.3) is 0 Å². The van der Waals surface area contributed by atoms with Gasteiger partial charge in [-0.05, 0) is 18.1 Å². The summed E-state index contributed by atoms with van der Waals surface area (Å²) in [5.74, 6) is -3.80. The molecule has 0 spiro atoms. The lowest BCUT2D eigenvalue weighted by Crippen LogP contribution is -2.46. The third-order valence-corrected chi connectivity index (χ3v) is 5.32. The predicted octanol–water partition coefficient (Wildman–Crippen LogP) is 0.394. The molecule has 7 nitrogen and oxygen atoms in total. The Morgan fingerprint density at radius 2 is 1.81 bits per heavy atom. The number of hydrazine groups is 1. The van der Waals surface area contributed by atoms with Gasteiger partial charge in [-0.2, -0.15) is 4.31 Å². The molecule has 0 radical (unpaired) electrons. The van der Waals surface area contributed by atoms with Crippen molar-refractivity contribution in [1.82, 2.24) is 14.7 Å². The van der Waals surface area contributed by atoms with Gasteiger partial charge in [-0.1, -0.05) is 0 Å². The first-order chi connectivity index (χ1) is 12.1. The standard InChI is InChI=1S/C15H21F3N4O3S.ClH/c1-26(24,25)21-3-2-20-22(5-4-21)15(23)8-11(19)6-10-7-13(17)14(18)9-12(10)16;/h7,9,11,20H,2-6,8,19H2,1H3;1H/t11-;/m1./s1. The Bertz CT molecular complexity index is 782. The quantitative estimate of drug-likeness (QED) is 0.659. The number of nitrogens with one attached hydrogen (secondary N) is 1. The Hall–Kier alpha value is -1.40. The molecule has 0 aliphatic carbocycles. The zero-order chi connectivity index (χ0) is 19.5. The number of benzene rings is 1. The highest BCUT2D eigenvalue weighted by molar-refractivity contribution is 7.88. The lowest BCUT2D eigenvalue weighted by molar-refractivity contribution is -0.134. The zero-order valence-corrected chi connectivity index (χ0v) is 16.3. The highest BCUT2D eigenvalue weighted by Crippen LogP contribution is 2.16. The van der Waals surface area contributed by atoms with E-state index in [2.05, 4.69) is 5.43 Å². The number of halogens is 4. The van der Waals surface area contributed by atoms with Gasteiger partial charge in [0.15, 0.2) is 11.6 Å². The SMILES string of the molecule is CS(=O)(=O)N1CCNN(C(=O)C[C@H](N)Cc2cc(F)c(F)cc2F)CC1.Cl. The van der Waals surface area contributed by atoms with Crippen molar-refractivity contribution in [3.8, 4) is 0 Å². The number of hydrogen-bond acceptors (Lipinski definition) is 5. The molecule has 2 rings (SSSR count). The van der Waals surface area contributed by atoms with Gasteiger partial charge in [0.05, 0.1) is 12.8 Å². The summed E-state index contributed by atoms with van der Waals surface area (Å²) in [6, 6.07) is 0.358. The number of rotatable bonds is 5. The van der Waals surface area contributed by atoms with Crippen LogP contribution in [0.3, 0.4) is 0 Å². The largest absolute Gasteiger partial charge is 0.327 e. The van der Waals surface area contributed by atoms with E-state index in [1.54, 1.807) is 0 Å². The molecule has 1 saturated heterocycles. The Labute approximate surface area is 162 Å². The molecule has 1 aromatic carbocycles. The number of nitrogens with zero attached hydrogens (tertiary/aromatic N) is 2. The third-order valence-electron chi connectivity index (χ3n) is 4.02. The van der Waals surface area contributed by atoms with Crippen molar-refractivity contribution in [2.75, 3.05) is 32.4 Å². The minimum Gasteiger partial charge on any atom is -0.327 e. The highest BCUT2D eigenvalue weighted by atomic mass is 35.5. The van der Waals surface area contributed by atoms with Crippen molar-refractivity contribution < 1.29 is 26.4 Å². The monoisotopic (exact) mass is 430 g/mol. The highest BCUT2D eigenvalue weighted by Gasteiger charge is 2.25. The molecule has 3 N–H and O–H groups in total. The minimum absolute atomic E-state index is 0. The van der Waals surface area contributed by atoms with Crippen molar-refractivity contribution in [3.63, 3.8) is 0 Å². The van der Waals surface area contributed by atoms with E-state index in [4.69, 9.17) is 5.73 Å². The van der Waals surface area contributed by atoms with Crippen LogP contribution in [0.2, 0.25) is 0 Å². The second kappa shape index (κ2) is 9.69.